The molecule has 1 fully saturated rings. The molecule has 164 valence electrons. The number of likely N-dealkylation sites (N-methyl/N-ethyl adjacent to an activating group) is 1. The summed E-state index contributed by atoms with van der Waals surface area (Å²) in [7, 11) is 1.68. The quantitative estimate of drug-likeness (QED) is 0.421. The van der Waals surface area contributed by atoms with E-state index in [0.717, 1.165) is 51.4 Å². The summed E-state index contributed by atoms with van der Waals surface area (Å²) in [6.07, 6.45) is 9.53. The lowest BCUT2D eigenvalue weighted by Crippen LogP contribution is -2.43. The monoisotopic (exact) mass is 399 g/mol. The Kier molecular flexibility index (Phi) is 11.5. The van der Waals surface area contributed by atoms with E-state index >= 15 is 0 Å². The van der Waals surface area contributed by atoms with Crippen molar-refractivity contribution < 1.29 is 19.2 Å². The van der Waals surface area contributed by atoms with Crippen molar-refractivity contribution in [1.29, 1.82) is 0 Å². The van der Waals surface area contributed by atoms with Gasteiger partial charge in [0.1, 0.15) is 5.60 Å². The lowest BCUT2D eigenvalue weighted by molar-refractivity contribution is -0.204. The number of ether oxygens (including phenoxy) is 1. The van der Waals surface area contributed by atoms with Gasteiger partial charge in [0.25, 0.3) is 0 Å². The molecular formula is C21H41N3O4. The molecule has 7 heteroatoms. The predicted octanol–water partition coefficient (Wildman–Crippen LogP) is 3.86. The summed E-state index contributed by atoms with van der Waals surface area (Å²) < 4.78 is 5.35. The fraction of sp³-hybridized carbons (Fsp3) is 0.905. The van der Waals surface area contributed by atoms with Gasteiger partial charge in [-0.2, -0.15) is 0 Å². The first-order valence-electron chi connectivity index (χ1n) is 10.8. The van der Waals surface area contributed by atoms with Gasteiger partial charge in [0, 0.05) is 20.0 Å². The SMILES string of the molecule is CN(CCON(C(=O)CCCCCCN)C1CCCCC1)C(=O)OC(C)(C)C. The van der Waals surface area contributed by atoms with Crippen LogP contribution in [0.15, 0.2) is 0 Å². The molecule has 0 aromatic rings. The molecule has 0 aromatic heterocycles. The first kappa shape index (κ1) is 24.7. The maximum atomic E-state index is 12.7. The Labute approximate surface area is 170 Å². The van der Waals surface area contributed by atoms with E-state index in [1.54, 1.807) is 12.1 Å². The van der Waals surface area contributed by atoms with Crippen LogP contribution in [0.25, 0.3) is 0 Å². The third kappa shape index (κ3) is 10.3. The Morgan fingerprint density at radius 2 is 1.68 bits per heavy atom. The van der Waals surface area contributed by atoms with Crippen LogP contribution in [0.5, 0.6) is 0 Å². The molecule has 0 spiro atoms. The molecular weight excluding hydrogens is 358 g/mol. The number of unbranched alkanes of at least 4 members (excludes halogenated alkanes) is 3. The van der Waals surface area contributed by atoms with E-state index in [4.69, 9.17) is 15.3 Å². The summed E-state index contributed by atoms with van der Waals surface area (Å²) in [5.74, 6) is 0.0552. The van der Waals surface area contributed by atoms with Crippen LogP contribution in [0.1, 0.15) is 85.0 Å². The largest absolute Gasteiger partial charge is 0.444 e. The molecule has 0 unspecified atom stereocenters. The van der Waals surface area contributed by atoms with E-state index in [0.29, 0.717) is 19.5 Å². The molecule has 0 bridgehead atoms. The van der Waals surface area contributed by atoms with Crippen molar-refractivity contribution >= 4 is 12.0 Å². The normalized spacial score (nSPS) is 15.3. The van der Waals surface area contributed by atoms with E-state index in [1.165, 1.54) is 11.3 Å². The third-order valence-electron chi connectivity index (χ3n) is 4.86. The van der Waals surface area contributed by atoms with Crippen molar-refractivity contribution in [3.8, 4) is 0 Å². The van der Waals surface area contributed by atoms with Gasteiger partial charge in [0.2, 0.25) is 5.91 Å². The number of amides is 2. The first-order chi connectivity index (χ1) is 13.2. The second-order valence-corrected chi connectivity index (χ2v) is 8.70. The fourth-order valence-electron chi connectivity index (χ4n) is 3.29. The minimum absolute atomic E-state index is 0.0552. The summed E-state index contributed by atoms with van der Waals surface area (Å²) in [6, 6.07) is 0.150. The molecule has 2 amide bonds. The van der Waals surface area contributed by atoms with E-state index < -0.39 is 5.60 Å². The predicted molar refractivity (Wildman–Crippen MR) is 111 cm³/mol. The molecule has 0 atom stereocenters. The molecule has 1 saturated carbocycles. The molecule has 7 nitrogen and oxygen atoms in total. The molecule has 1 aliphatic carbocycles. The highest BCUT2D eigenvalue weighted by Gasteiger charge is 2.27. The maximum Gasteiger partial charge on any atom is 0.410 e. The Morgan fingerprint density at radius 3 is 2.29 bits per heavy atom. The number of carbonyl (C=O) groups excluding carboxylic acids is 2. The first-order valence-corrected chi connectivity index (χ1v) is 10.8. The number of hydrogen-bond donors (Lipinski definition) is 1. The van der Waals surface area contributed by atoms with E-state index in [1.807, 2.05) is 20.8 Å². The van der Waals surface area contributed by atoms with Crippen LogP contribution in [0.3, 0.4) is 0 Å². The minimum Gasteiger partial charge on any atom is -0.444 e. The van der Waals surface area contributed by atoms with Crippen LogP contribution in [0.4, 0.5) is 4.79 Å². The summed E-state index contributed by atoms with van der Waals surface area (Å²) in [5.41, 5.74) is 4.99. The number of carbonyl (C=O) groups is 2. The minimum atomic E-state index is -0.528. The van der Waals surface area contributed by atoms with Gasteiger partial charge in [0.15, 0.2) is 0 Å². The average molecular weight is 400 g/mol. The molecule has 0 saturated heterocycles. The van der Waals surface area contributed by atoms with Crippen LogP contribution in [0, 0.1) is 0 Å². The Hall–Kier alpha value is -1.34. The van der Waals surface area contributed by atoms with Crippen molar-refractivity contribution in [2.45, 2.75) is 96.6 Å². The van der Waals surface area contributed by atoms with Gasteiger partial charge in [0.05, 0.1) is 12.6 Å². The van der Waals surface area contributed by atoms with Gasteiger partial charge in [-0.25, -0.2) is 9.86 Å². The standard InChI is InChI=1S/C21H41N3O4/c1-21(2,3)28-20(26)23(4)16-17-27-24(18-12-8-7-9-13-18)19(25)14-10-5-6-11-15-22/h18H,5-17,22H2,1-4H3. The molecule has 0 heterocycles. The zero-order valence-corrected chi connectivity index (χ0v) is 18.4. The number of nitrogens with two attached hydrogens (primary N) is 1. The van der Waals surface area contributed by atoms with Gasteiger partial charge >= 0.3 is 6.09 Å². The third-order valence-corrected chi connectivity index (χ3v) is 4.86. The second kappa shape index (κ2) is 13.0. The molecule has 0 aliphatic heterocycles. The number of nitrogens with zero attached hydrogens (tertiary/aromatic N) is 2. The van der Waals surface area contributed by atoms with Gasteiger partial charge in [-0.3, -0.25) is 9.63 Å². The average Bonchev–Trinajstić information content (AvgIpc) is 2.64. The van der Waals surface area contributed by atoms with Crippen molar-refractivity contribution in [3.63, 3.8) is 0 Å². The highest BCUT2D eigenvalue weighted by molar-refractivity contribution is 5.75. The summed E-state index contributed by atoms with van der Waals surface area (Å²) in [4.78, 5) is 32.2. The van der Waals surface area contributed by atoms with Crippen molar-refractivity contribution in [1.82, 2.24) is 9.96 Å². The second-order valence-electron chi connectivity index (χ2n) is 8.70. The van der Waals surface area contributed by atoms with Crippen LogP contribution in [-0.2, 0) is 14.4 Å². The Morgan fingerprint density at radius 1 is 1.04 bits per heavy atom. The van der Waals surface area contributed by atoms with Gasteiger partial charge < -0.3 is 15.4 Å². The molecule has 2 N–H and O–H groups in total. The van der Waals surface area contributed by atoms with Gasteiger partial charge in [-0.05, 0) is 53.0 Å². The Balaban J connectivity index is 2.48. The van der Waals surface area contributed by atoms with Crippen molar-refractivity contribution in [2.24, 2.45) is 5.73 Å². The molecule has 0 radical (unpaired) electrons. The Bertz CT molecular complexity index is 459. The lowest BCUT2D eigenvalue weighted by Gasteiger charge is -2.33. The number of rotatable bonds is 11. The summed E-state index contributed by atoms with van der Waals surface area (Å²) in [5, 5.41) is 1.60. The van der Waals surface area contributed by atoms with Crippen LogP contribution in [0.2, 0.25) is 0 Å². The highest BCUT2D eigenvalue weighted by Crippen LogP contribution is 2.24. The van der Waals surface area contributed by atoms with Crippen molar-refractivity contribution in [2.75, 3.05) is 26.7 Å². The van der Waals surface area contributed by atoms with E-state index in [2.05, 4.69) is 0 Å². The van der Waals surface area contributed by atoms with E-state index in [9.17, 15) is 9.59 Å². The van der Waals surface area contributed by atoms with Crippen LogP contribution >= 0.6 is 0 Å². The van der Waals surface area contributed by atoms with Crippen LogP contribution < -0.4 is 5.73 Å². The molecule has 28 heavy (non-hydrogen) atoms. The van der Waals surface area contributed by atoms with Gasteiger partial charge in [-0.15, -0.1) is 0 Å². The zero-order chi connectivity index (χ0) is 21.0. The number of hydrogen-bond acceptors (Lipinski definition) is 5. The molecule has 0 aromatic carbocycles. The van der Waals surface area contributed by atoms with Crippen LogP contribution in [-0.4, -0.2) is 60.4 Å². The summed E-state index contributed by atoms with van der Waals surface area (Å²) in [6.45, 7) is 6.88. The summed E-state index contributed by atoms with van der Waals surface area (Å²) >= 11 is 0. The topological polar surface area (TPSA) is 85.1 Å². The zero-order valence-electron chi connectivity index (χ0n) is 18.4. The number of hydroxylamine groups is 2. The highest BCUT2D eigenvalue weighted by atomic mass is 16.7. The molecule has 1 aliphatic rings. The smallest absolute Gasteiger partial charge is 0.410 e. The van der Waals surface area contributed by atoms with Gasteiger partial charge in [-0.1, -0.05) is 32.1 Å². The van der Waals surface area contributed by atoms with Crippen molar-refractivity contribution in [3.05, 3.63) is 0 Å². The fourth-order valence-corrected chi connectivity index (χ4v) is 3.29. The lowest BCUT2D eigenvalue weighted by atomic mass is 9.95. The molecule has 1 rings (SSSR count). The van der Waals surface area contributed by atoms with E-state index in [-0.39, 0.29) is 24.6 Å². The maximum absolute atomic E-state index is 12.7.